The quantitative estimate of drug-likeness (QED) is 0.772. The number of nitrogens with one attached hydrogen (secondary N) is 1. The minimum atomic E-state index is -3.20. The molecule has 21 heavy (non-hydrogen) atoms. The lowest BCUT2D eigenvalue weighted by molar-refractivity contribution is 0.212. The normalized spacial score (nSPS) is 18.0. The van der Waals surface area contributed by atoms with E-state index < -0.39 is 10.0 Å². The maximum atomic E-state index is 12.1. The lowest BCUT2D eigenvalue weighted by Crippen LogP contribution is -2.46. The number of sulfonamides is 1. The second-order valence-electron chi connectivity index (χ2n) is 5.58. The van der Waals surface area contributed by atoms with Crippen molar-refractivity contribution in [2.75, 3.05) is 31.9 Å². The zero-order valence-corrected chi connectivity index (χ0v) is 13.2. The first-order chi connectivity index (χ1) is 10.1. The molecule has 0 radical (unpaired) electrons. The Morgan fingerprint density at radius 1 is 1.19 bits per heavy atom. The summed E-state index contributed by atoms with van der Waals surface area (Å²) >= 11 is 0. The topological polar surface area (TPSA) is 75.4 Å². The Labute approximate surface area is 127 Å². The van der Waals surface area contributed by atoms with Gasteiger partial charge in [-0.2, -0.15) is 0 Å². The molecule has 6 heteroatoms. The van der Waals surface area contributed by atoms with Gasteiger partial charge >= 0.3 is 0 Å². The molecule has 0 spiro atoms. The number of likely N-dealkylation sites (tertiary alicyclic amines) is 1. The first-order valence-electron chi connectivity index (χ1n) is 7.55. The average molecular weight is 311 g/mol. The van der Waals surface area contributed by atoms with Crippen molar-refractivity contribution in [2.24, 2.45) is 5.73 Å². The number of hydrogen-bond acceptors (Lipinski definition) is 4. The molecule has 2 rings (SSSR count). The van der Waals surface area contributed by atoms with E-state index in [0.717, 1.165) is 38.0 Å². The number of aryl methyl sites for hydroxylation is 1. The van der Waals surface area contributed by atoms with Gasteiger partial charge in [-0.25, -0.2) is 13.1 Å². The van der Waals surface area contributed by atoms with Crippen LogP contribution in [0.2, 0.25) is 0 Å². The highest BCUT2D eigenvalue weighted by molar-refractivity contribution is 7.89. The Morgan fingerprint density at radius 3 is 2.48 bits per heavy atom. The standard InChI is InChI=1S/C15H25N3O2S/c16-9-12-18-10-6-15(7-11-18)17-21(19,20)13-8-14-4-2-1-3-5-14/h1-5,15,17H,6-13,16H2. The number of nitrogens with zero attached hydrogens (tertiary/aromatic N) is 1. The van der Waals surface area contributed by atoms with Crippen LogP contribution >= 0.6 is 0 Å². The van der Waals surface area contributed by atoms with Crippen molar-refractivity contribution < 1.29 is 8.42 Å². The van der Waals surface area contributed by atoms with E-state index in [2.05, 4.69) is 9.62 Å². The SMILES string of the molecule is NCCN1CCC(NS(=O)(=O)CCc2ccccc2)CC1. The van der Waals surface area contributed by atoms with Crippen molar-refractivity contribution in [3.63, 3.8) is 0 Å². The minimum absolute atomic E-state index is 0.0693. The molecule has 3 N–H and O–H groups in total. The lowest BCUT2D eigenvalue weighted by atomic mass is 10.1. The molecule has 0 amide bonds. The molecule has 0 saturated carbocycles. The monoisotopic (exact) mass is 311 g/mol. The fourth-order valence-corrected chi connectivity index (χ4v) is 4.03. The van der Waals surface area contributed by atoms with Crippen LogP contribution in [0.25, 0.3) is 0 Å². The molecule has 1 aliphatic rings. The molecule has 0 aliphatic carbocycles. The summed E-state index contributed by atoms with van der Waals surface area (Å²) in [4.78, 5) is 2.29. The Hall–Kier alpha value is -0.950. The van der Waals surface area contributed by atoms with Crippen molar-refractivity contribution in [1.82, 2.24) is 9.62 Å². The summed E-state index contributed by atoms with van der Waals surface area (Å²) in [5, 5.41) is 0. The third-order valence-corrected chi connectivity index (χ3v) is 5.32. The molecule has 0 bridgehead atoms. The second-order valence-corrected chi connectivity index (χ2v) is 7.45. The van der Waals surface area contributed by atoms with Gasteiger partial charge < -0.3 is 10.6 Å². The molecule has 118 valence electrons. The van der Waals surface area contributed by atoms with E-state index in [9.17, 15) is 8.42 Å². The molecule has 1 fully saturated rings. The summed E-state index contributed by atoms with van der Waals surface area (Å²) in [6, 6.07) is 9.79. The van der Waals surface area contributed by atoms with Crippen LogP contribution in [-0.4, -0.2) is 51.3 Å². The summed E-state index contributed by atoms with van der Waals surface area (Å²) in [6.07, 6.45) is 2.29. The van der Waals surface area contributed by atoms with Crippen LogP contribution in [0, 0.1) is 0 Å². The summed E-state index contributed by atoms with van der Waals surface area (Å²) in [5.41, 5.74) is 6.59. The lowest BCUT2D eigenvalue weighted by Gasteiger charge is -2.31. The van der Waals surface area contributed by atoms with Crippen molar-refractivity contribution in [2.45, 2.75) is 25.3 Å². The van der Waals surface area contributed by atoms with Crippen LogP contribution in [0.3, 0.4) is 0 Å². The van der Waals surface area contributed by atoms with Gasteiger partial charge in [-0.3, -0.25) is 0 Å². The van der Waals surface area contributed by atoms with Crippen LogP contribution in [0.4, 0.5) is 0 Å². The summed E-state index contributed by atoms with van der Waals surface area (Å²) in [6.45, 7) is 3.40. The molecular formula is C15H25N3O2S. The van der Waals surface area contributed by atoms with Crippen LogP contribution in [0.5, 0.6) is 0 Å². The largest absolute Gasteiger partial charge is 0.329 e. The molecule has 5 nitrogen and oxygen atoms in total. The third kappa shape index (κ3) is 5.74. The fourth-order valence-electron chi connectivity index (χ4n) is 2.67. The summed E-state index contributed by atoms with van der Waals surface area (Å²) < 4.78 is 27.1. The molecule has 0 unspecified atom stereocenters. The Bertz CT molecular complexity index is 511. The van der Waals surface area contributed by atoms with Crippen LogP contribution < -0.4 is 10.5 Å². The van der Waals surface area contributed by atoms with E-state index in [1.807, 2.05) is 30.3 Å². The number of piperidine rings is 1. The molecule has 0 atom stereocenters. The van der Waals surface area contributed by atoms with Gasteiger partial charge in [0, 0.05) is 19.1 Å². The fraction of sp³-hybridized carbons (Fsp3) is 0.600. The van der Waals surface area contributed by atoms with Crippen molar-refractivity contribution in [1.29, 1.82) is 0 Å². The van der Waals surface area contributed by atoms with E-state index in [-0.39, 0.29) is 11.8 Å². The van der Waals surface area contributed by atoms with Gasteiger partial charge in [0.1, 0.15) is 0 Å². The van der Waals surface area contributed by atoms with Crippen molar-refractivity contribution in [3.8, 4) is 0 Å². The Balaban J connectivity index is 1.76. The Morgan fingerprint density at radius 2 is 1.86 bits per heavy atom. The minimum Gasteiger partial charge on any atom is -0.329 e. The second kappa shape index (κ2) is 7.89. The van der Waals surface area contributed by atoms with Gasteiger partial charge in [0.2, 0.25) is 10.0 Å². The zero-order chi connectivity index (χ0) is 15.1. The van der Waals surface area contributed by atoms with Gasteiger partial charge in [0.25, 0.3) is 0 Å². The molecule has 1 saturated heterocycles. The molecule has 0 aromatic heterocycles. The van der Waals surface area contributed by atoms with Gasteiger partial charge in [-0.1, -0.05) is 30.3 Å². The van der Waals surface area contributed by atoms with Crippen molar-refractivity contribution >= 4 is 10.0 Å². The number of nitrogens with two attached hydrogens (primary N) is 1. The third-order valence-electron chi connectivity index (χ3n) is 3.88. The molecule has 1 heterocycles. The van der Waals surface area contributed by atoms with Gasteiger partial charge in [0.15, 0.2) is 0 Å². The molecule has 1 aliphatic heterocycles. The highest BCUT2D eigenvalue weighted by Crippen LogP contribution is 2.11. The predicted molar refractivity (Wildman–Crippen MR) is 85.6 cm³/mol. The molecule has 1 aromatic rings. The van der Waals surface area contributed by atoms with Gasteiger partial charge in [-0.15, -0.1) is 0 Å². The van der Waals surface area contributed by atoms with E-state index in [1.54, 1.807) is 0 Å². The number of rotatable bonds is 7. The van der Waals surface area contributed by atoms with Gasteiger partial charge in [0.05, 0.1) is 5.75 Å². The smallest absolute Gasteiger partial charge is 0.212 e. The molecule has 1 aromatic carbocycles. The Kier molecular flexibility index (Phi) is 6.17. The van der Waals surface area contributed by atoms with E-state index >= 15 is 0 Å². The summed E-state index contributed by atoms with van der Waals surface area (Å²) in [7, 11) is -3.20. The highest BCUT2D eigenvalue weighted by atomic mass is 32.2. The average Bonchev–Trinajstić information content (AvgIpc) is 2.48. The van der Waals surface area contributed by atoms with E-state index in [4.69, 9.17) is 5.73 Å². The summed E-state index contributed by atoms with van der Waals surface area (Å²) in [5.74, 6) is 0.153. The maximum Gasteiger partial charge on any atom is 0.212 e. The van der Waals surface area contributed by atoms with E-state index in [0.29, 0.717) is 13.0 Å². The van der Waals surface area contributed by atoms with Crippen LogP contribution in [0.15, 0.2) is 30.3 Å². The molecular weight excluding hydrogens is 286 g/mol. The van der Waals surface area contributed by atoms with Crippen molar-refractivity contribution in [3.05, 3.63) is 35.9 Å². The van der Waals surface area contributed by atoms with Crippen LogP contribution in [-0.2, 0) is 16.4 Å². The number of hydrogen-bond donors (Lipinski definition) is 2. The predicted octanol–water partition coefficient (Wildman–Crippen LogP) is 0.572. The highest BCUT2D eigenvalue weighted by Gasteiger charge is 2.22. The van der Waals surface area contributed by atoms with Gasteiger partial charge in [-0.05, 0) is 37.9 Å². The number of benzene rings is 1. The van der Waals surface area contributed by atoms with Crippen LogP contribution in [0.1, 0.15) is 18.4 Å². The maximum absolute atomic E-state index is 12.1. The van der Waals surface area contributed by atoms with E-state index in [1.165, 1.54) is 0 Å². The first kappa shape index (κ1) is 16.4. The zero-order valence-electron chi connectivity index (χ0n) is 12.4. The first-order valence-corrected chi connectivity index (χ1v) is 9.20.